The van der Waals surface area contributed by atoms with E-state index in [1.165, 1.54) is 17.5 Å². The van der Waals surface area contributed by atoms with Gasteiger partial charge in [0, 0.05) is 45.7 Å². The van der Waals surface area contributed by atoms with E-state index >= 15 is 0 Å². The number of carbonyl (C=O) groups excluding carboxylic acids is 1. The minimum atomic E-state index is -2.78. The summed E-state index contributed by atoms with van der Waals surface area (Å²) in [6, 6.07) is 7.20. The lowest BCUT2D eigenvalue weighted by Crippen LogP contribution is -2.57. The number of hydrogen-bond acceptors (Lipinski definition) is 10. The summed E-state index contributed by atoms with van der Waals surface area (Å²) >= 11 is 7.35. The fourth-order valence-electron chi connectivity index (χ4n) is 3.72. The number of hydrogen-bond donors (Lipinski definition) is 4. The first-order valence-corrected chi connectivity index (χ1v) is 12.2. The highest BCUT2D eigenvalue weighted by Crippen LogP contribution is 2.41. The Hall–Kier alpha value is -2.90. The average molecular weight is 531 g/mol. The highest BCUT2D eigenvalue weighted by molar-refractivity contribution is 7.21. The van der Waals surface area contributed by atoms with Crippen molar-refractivity contribution in [1.29, 1.82) is 0 Å². The summed E-state index contributed by atoms with van der Waals surface area (Å²) < 4.78 is 11.9. The van der Waals surface area contributed by atoms with Crippen LogP contribution >= 0.6 is 22.9 Å². The molecular weight excluding hydrogens is 514 g/mol. The van der Waals surface area contributed by atoms with Crippen molar-refractivity contribution in [2.24, 2.45) is 0 Å². The van der Waals surface area contributed by atoms with E-state index in [1.54, 1.807) is 6.07 Å². The van der Waals surface area contributed by atoms with Gasteiger partial charge in [-0.05, 0) is 36.7 Å². The molecule has 0 bridgehead atoms. The van der Waals surface area contributed by atoms with Crippen LogP contribution in [0.4, 0.5) is 5.69 Å². The lowest BCUT2D eigenvalue weighted by Gasteiger charge is -2.37. The van der Waals surface area contributed by atoms with E-state index in [4.69, 9.17) is 44.6 Å². The number of fused-ring (bicyclic) bond motifs is 5. The van der Waals surface area contributed by atoms with Crippen molar-refractivity contribution in [3.63, 3.8) is 0 Å². The molecule has 10 nitrogen and oxygen atoms in total. The van der Waals surface area contributed by atoms with Crippen LogP contribution in [0, 0.1) is 0 Å². The van der Waals surface area contributed by atoms with Gasteiger partial charge in [-0.25, -0.2) is 9.97 Å². The molecular formula is C22H17B3ClN5O5S. The molecule has 3 aromatic heterocycles. The smallest absolute Gasteiger partial charge is 0.263 e. The normalized spacial score (nSPS) is 17.5. The van der Waals surface area contributed by atoms with Crippen LogP contribution in [-0.2, 0) is 11.3 Å². The highest BCUT2D eigenvalue weighted by atomic mass is 35.5. The van der Waals surface area contributed by atoms with Crippen LogP contribution in [0.1, 0.15) is 22.2 Å². The molecule has 0 saturated heterocycles. The minimum Gasteiger partial charge on any atom is -0.420 e. The van der Waals surface area contributed by atoms with Crippen LogP contribution < -0.4 is 15.4 Å². The van der Waals surface area contributed by atoms with Crippen molar-refractivity contribution < 1.29 is 24.5 Å². The van der Waals surface area contributed by atoms with E-state index in [1.807, 2.05) is 25.1 Å². The number of nitrogens with one attached hydrogen (secondary N) is 2. The molecule has 37 heavy (non-hydrogen) atoms. The van der Waals surface area contributed by atoms with Crippen LogP contribution in [0.15, 0.2) is 30.5 Å². The fraction of sp³-hybridized carbons (Fsp3) is 0.273. The molecule has 5 rings (SSSR count). The molecule has 0 saturated carbocycles. The Morgan fingerprint density at radius 1 is 1.22 bits per heavy atom. The van der Waals surface area contributed by atoms with E-state index in [2.05, 4.69) is 25.6 Å². The Bertz CT molecular complexity index is 1530. The molecule has 4 N–H and O–H groups in total. The number of rotatable bonds is 6. The summed E-state index contributed by atoms with van der Waals surface area (Å²) in [6.07, 6.45) is 1.29. The zero-order valence-electron chi connectivity index (χ0n) is 19.4. The third kappa shape index (κ3) is 4.99. The van der Waals surface area contributed by atoms with Gasteiger partial charge in [-0.3, -0.25) is 4.79 Å². The molecule has 1 aliphatic rings. The lowest BCUT2D eigenvalue weighted by atomic mass is 9.54. The van der Waals surface area contributed by atoms with E-state index in [9.17, 15) is 15.0 Å². The second-order valence-corrected chi connectivity index (χ2v) is 9.99. The second-order valence-electron chi connectivity index (χ2n) is 8.60. The maximum atomic E-state index is 12.6. The Balaban J connectivity index is 1.48. The topological polar surface area (TPSA) is 139 Å². The van der Waals surface area contributed by atoms with E-state index < -0.39 is 17.7 Å². The summed E-state index contributed by atoms with van der Waals surface area (Å²) in [6.45, 7) is 2.10. The quantitative estimate of drug-likeness (QED) is 0.166. The number of anilines is 1. The SMILES string of the molecule is [B]C([B])(O)C([B])(O)OCc1cnc(Cl)nc1Oc1ccc2c(ccc3sc4c(c32)NC[C@@H](C)NC4=O)n1. The maximum Gasteiger partial charge on any atom is 0.263 e. The van der Waals surface area contributed by atoms with Gasteiger partial charge in [-0.1, -0.05) is 0 Å². The van der Waals surface area contributed by atoms with Crippen molar-refractivity contribution >= 4 is 79.1 Å². The molecule has 6 radical (unpaired) electrons. The molecule has 15 heteroatoms. The lowest BCUT2D eigenvalue weighted by molar-refractivity contribution is -0.196. The van der Waals surface area contributed by atoms with Gasteiger partial charge in [0.15, 0.2) is 7.85 Å². The van der Waals surface area contributed by atoms with Crippen molar-refractivity contribution in [2.45, 2.75) is 30.7 Å². The van der Waals surface area contributed by atoms with E-state index in [0.29, 0.717) is 16.9 Å². The maximum absolute atomic E-state index is 12.6. The zero-order chi connectivity index (χ0) is 26.5. The molecule has 0 fully saturated rings. The van der Waals surface area contributed by atoms with Gasteiger partial charge < -0.3 is 30.3 Å². The van der Waals surface area contributed by atoms with Crippen LogP contribution in [-0.4, -0.2) is 78.3 Å². The number of nitrogens with zero attached hydrogens (tertiary/aromatic N) is 3. The van der Waals surface area contributed by atoms with Gasteiger partial charge in [0.2, 0.25) is 17.0 Å². The Kier molecular flexibility index (Phi) is 6.57. The Morgan fingerprint density at radius 3 is 2.76 bits per heavy atom. The molecule has 2 atom stereocenters. The van der Waals surface area contributed by atoms with Crippen LogP contribution in [0.5, 0.6) is 11.8 Å². The van der Waals surface area contributed by atoms with Crippen LogP contribution in [0.2, 0.25) is 5.28 Å². The second kappa shape index (κ2) is 9.45. The molecule has 1 unspecified atom stereocenters. The standard InChI is InChI=1S/C22H17B3ClN5O5S/c1-9-6-27-16-15-11-2-5-14(30-12(11)3-4-13(15)37-17(16)18(32)29-9)36-19-10(7-28-20(26)31-19)8-35-22(25,34)21(23,24)33/h2-5,7,9,27,33-34H,6,8H2,1H3,(H,29,32)/t9-,22?/m1/s1. The van der Waals surface area contributed by atoms with Crippen LogP contribution in [0.3, 0.4) is 0 Å². The molecule has 0 aliphatic carbocycles. The predicted octanol–water partition coefficient (Wildman–Crippen LogP) is 1.54. The number of carbonyl (C=O) groups is 1. The number of aliphatic hydroxyl groups is 2. The molecule has 1 aromatic carbocycles. The van der Waals surface area contributed by atoms with Gasteiger partial charge in [0.05, 0.1) is 23.4 Å². The molecule has 182 valence electrons. The monoisotopic (exact) mass is 531 g/mol. The molecule has 1 amide bonds. The number of halogens is 1. The zero-order valence-corrected chi connectivity index (χ0v) is 20.9. The fourth-order valence-corrected chi connectivity index (χ4v) is 4.95. The predicted molar refractivity (Wildman–Crippen MR) is 142 cm³/mol. The molecule has 4 heterocycles. The third-order valence-corrected chi connectivity index (χ3v) is 7.02. The highest BCUT2D eigenvalue weighted by Gasteiger charge is 2.37. The van der Waals surface area contributed by atoms with Gasteiger partial charge >= 0.3 is 0 Å². The first-order valence-electron chi connectivity index (χ1n) is 11.0. The number of pyridine rings is 1. The molecule has 1 aliphatic heterocycles. The van der Waals surface area contributed by atoms with Crippen molar-refractivity contribution in [1.82, 2.24) is 20.3 Å². The van der Waals surface area contributed by atoms with Crippen molar-refractivity contribution in [2.75, 3.05) is 11.9 Å². The van der Waals surface area contributed by atoms with Crippen LogP contribution in [0.25, 0.3) is 21.0 Å². The Labute approximate surface area is 224 Å². The van der Waals surface area contributed by atoms with Gasteiger partial charge in [-0.2, -0.15) is 4.98 Å². The first kappa shape index (κ1) is 25.7. The van der Waals surface area contributed by atoms with Gasteiger partial charge in [0.25, 0.3) is 5.91 Å². The van der Waals surface area contributed by atoms with Crippen molar-refractivity contribution in [3.05, 3.63) is 46.2 Å². The number of ether oxygens (including phenoxy) is 2. The number of benzene rings is 1. The van der Waals surface area contributed by atoms with Gasteiger partial charge in [-0.15, -0.1) is 11.3 Å². The Morgan fingerprint density at radius 2 is 2.00 bits per heavy atom. The summed E-state index contributed by atoms with van der Waals surface area (Å²) in [5.41, 5.74) is -1.17. The largest absolute Gasteiger partial charge is 0.420 e. The summed E-state index contributed by atoms with van der Waals surface area (Å²) in [5.74, 6) is 0.0379. The van der Waals surface area contributed by atoms with Crippen molar-refractivity contribution in [3.8, 4) is 11.8 Å². The number of thiophene rings is 1. The number of amides is 1. The van der Waals surface area contributed by atoms with E-state index in [0.717, 1.165) is 21.2 Å². The summed E-state index contributed by atoms with van der Waals surface area (Å²) in [5, 5.41) is 24.8. The first-order chi connectivity index (χ1) is 17.4. The van der Waals surface area contributed by atoms with E-state index in [-0.39, 0.29) is 34.6 Å². The summed E-state index contributed by atoms with van der Waals surface area (Å²) in [7, 11) is 15.9. The third-order valence-electron chi connectivity index (χ3n) is 5.68. The molecule has 4 aromatic rings. The molecule has 0 spiro atoms. The average Bonchev–Trinajstić information content (AvgIpc) is 3.14. The summed E-state index contributed by atoms with van der Waals surface area (Å²) in [4.78, 5) is 25.8. The number of aromatic nitrogens is 3. The minimum absolute atomic E-state index is 0.00752. The van der Waals surface area contributed by atoms with Gasteiger partial charge in [0.1, 0.15) is 26.3 Å².